The topological polar surface area (TPSA) is 94.5 Å². The highest BCUT2D eigenvalue weighted by molar-refractivity contribution is 7.98. The Hall–Kier alpha value is -1.06. The summed E-state index contributed by atoms with van der Waals surface area (Å²) in [5.74, 6) is 1.58. The molecular weight excluding hydrogens is 397 g/mol. The largest absolute Gasteiger partial charge is 0.364 e. The molecule has 1 aliphatic heterocycles. The number of nitrogens with one attached hydrogen (secondary N) is 1. The minimum atomic E-state index is -0.422. The number of halogens is 2. The van der Waals surface area contributed by atoms with E-state index in [0.29, 0.717) is 13.0 Å². The van der Waals surface area contributed by atoms with Crippen molar-refractivity contribution < 1.29 is 9.53 Å². The lowest BCUT2D eigenvalue weighted by Crippen LogP contribution is -2.38. The number of hydrogen-bond donors (Lipinski definition) is 2. The first-order chi connectivity index (χ1) is 11.7. The Bertz CT molecular complexity index is 702. The highest BCUT2D eigenvalue weighted by atomic mass is 35.5. The number of ether oxygens (including phenoxy) is 1. The number of rotatable bonds is 7. The number of amides is 1. The first kappa shape index (κ1) is 23.0. The number of hydrogen-bond acceptors (Lipinski definition) is 6. The van der Waals surface area contributed by atoms with E-state index < -0.39 is 6.10 Å². The van der Waals surface area contributed by atoms with Crippen molar-refractivity contribution in [3.05, 3.63) is 30.2 Å². The maximum absolute atomic E-state index is 12.6. The molecule has 26 heavy (non-hydrogen) atoms. The van der Waals surface area contributed by atoms with Crippen LogP contribution in [0.15, 0.2) is 24.4 Å². The van der Waals surface area contributed by atoms with E-state index in [1.54, 1.807) is 11.8 Å². The number of aromatic nitrogens is 3. The van der Waals surface area contributed by atoms with Crippen molar-refractivity contribution in [3.63, 3.8) is 0 Å². The normalized spacial score (nSPS) is 20.2. The molecular formula is C16H25Cl2N5O2S. The molecule has 10 heteroatoms. The van der Waals surface area contributed by atoms with Crippen molar-refractivity contribution >= 4 is 48.1 Å². The molecule has 1 aliphatic rings. The molecule has 1 saturated heterocycles. The van der Waals surface area contributed by atoms with Crippen LogP contribution in [0.2, 0.25) is 0 Å². The summed E-state index contributed by atoms with van der Waals surface area (Å²) in [6.07, 6.45) is 5.86. The molecule has 3 rings (SSSR count). The summed E-state index contributed by atoms with van der Waals surface area (Å²) in [6.45, 7) is 0.453. The number of pyridine rings is 1. The molecule has 3 heterocycles. The fourth-order valence-corrected chi connectivity index (χ4v) is 3.41. The fourth-order valence-electron chi connectivity index (χ4n) is 2.94. The number of carbonyl (C=O) groups excluding carboxylic acids is 1. The second-order valence-corrected chi connectivity index (χ2v) is 6.88. The zero-order valence-electron chi connectivity index (χ0n) is 14.5. The average molecular weight is 422 g/mol. The lowest BCUT2D eigenvalue weighted by atomic mass is 10.1. The van der Waals surface area contributed by atoms with Gasteiger partial charge in [-0.25, -0.2) is 0 Å². The van der Waals surface area contributed by atoms with Gasteiger partial charge in [0.15, 0.2) is 11.5 Å². The van der Waals surface area contributed by atoms with Crippen LogP contribution in [0.5, 0.6) is 0 Å². The third-order valence-corrected chi connectivity index (χ3v) is 4.89. The van der Waals surface area contributed by atoms with E-state index in [9.17, 15) is 4.79 Å². The Morgan fingerprint density at radius 2 is 2.23 bits per heavy atom. The van der Waals surface area contributed by atoms with Gasteiger partial charge in [-0.1, -0.05) is 6.07 Å². The van der Waals surface area contributed by atoms with Crippen molar-refractivity contribution in [1.82, 2.24) is 19.9 Å². The van der Waals surface area contributed by atoms with Crippen LogP contribution in [-0.2, 0) is 9.53 Å². The van der Waals surface area contributed by atoms with Crippen LogP contribution in [0, 0.1) is 0 Å². The molecule has 3 atom stereocenters. The van der Waals surface area contributed by atoms with E-state index in [2.05, 4.69) is 15.5 Å². The van der Waals surface area contributed by atoms with Crippen LogP contribution in [0.3, 0.4) is 0 Å². The van der Waals surface area contributed by atoms with Gasteiger partial charge in [0.1, 0.15) is 6.10 Å². The quantitative estimate of drug-likeness (QED) is 0.709. The first-order valence-corrected chi connectivity index (χ1v) is 9.56. The third kappa shape index (κ3) is 5.23. The lowest BCUT2D eigenvalue weighted by molar-refractivity contribution is -0.132. The van der Waals surface area contributed by atoms with Gasteiger partial charge in [0.25, 0.3) is 0 Å². The van der Waals surface area contributed by atoms with Gasteiger partial charge >= 0.3 is 0 Å². The molecule has 3 N–H and O–H groups in total. The van der Waals surface area contributed by atoms with Crippen molar-refractivity contribution in [1.29, 1.82) is 0 Å². The van der Waals surface area contributed by atoms with Gasteiger partial charge in [0, 0.05) is 12.7 Å². The maximum Gasteiger partial charge on any atom is 0.249 e. The summed E-state index contributed by atoms with van der Waals surface area (Å²) < 4.78 is 7.62. The molecule has 0 aliphatic carbocycles. The molecule has 1 fully saturated rings. The van der Waals surface area contributed by atoms with E-state index in [0.717, 1.165) is 30.1 Å². The van der Waals surface area contributed by atoms with E-state index in [4.69, 9.17) is 10.5 Å². The Labute approximate surface area is 169 Å². The predicted molar refractivity (Wildman–Crippen MR) is 108 cm³/mol. The van der Waals surface area contributed by atoms with E-state index >= 15 is 0 Å². The predicted octanol–water partition coefficient (Wildman–Crippen LogP) is 1.99. The van der Waals surface area contributed by atoms with Crippen LogP contribution < -0.4 is 11.1 Å². The Kier molecular flexibility index (Phi) is 9.67. The van der Waals surface area contributed by atoms with Crippen LogP contribution in [0.1, 0.15) is 31.1 Å². The number of thioether (sulfide) groups is 1. The summed E-state index contributed by atoms with van der Waals surface area (Å²) >= 11 is 1.74. The summed E-state index contributed by atoms with van der Waals surface area (Å²) in [4.78, 5) is 12.6. The van der Waals surface area contributed by atoms with Crippen LogP contribution >= 0.6 is 36.6 Å². The molecule has 0 bridgehead atoms. The summed E-state index contributed by atoms with van der Waals surface area (Å²) in [5.41, 5.74) is 6.40. The number of nitrogens with two attached hydrogens (primary N) is 1. The molecule has 2 aromatic heterocycles. The minimum absolute atomic E-state index is 0. The summed E-state index contributed by atoms with van der Waals surface area (Å²) in [7, 11) is 0. The van der Waals surface area contributed by atoms with Crippen LogP contribution in [0.25, 0.3) is 5.65 Å². The average Bonchev–Trinajstić information content (AvgIpc) is 3.25. The first-order valence-electron chi connectivity index (χ1n) is 8.17. The Morgan fingerprint density at radius 3 is 2.92 bits per heavy atom. The molecule has 0 radical (unpaired) electrons. The number of fused-ring (bicyclic) bond motifs is 1. The monoisotopic (exact) mass is 421 g/mol. The molecule has 0 aromatic carbocycles. The molecule has 0 saturated carbocycles. The van der Waals surface area contributed by atoms with Crippen molar-refractivity contribution in [2.75, 3.05) is 18.6 Å². The summed E-state index contributed by atoms with van der Waals surface area (Å²) in [5, 5.41) is 11.6. The van der Waals surface area contributed by atoms with Crippen LogP contribution in [0.4, 0.5) is 0 Å². The molecule has 7 nitrogen and oxygen atoms in total. The van der Waals surface area contributed by atoms with Gasteiger partial charge < -0.3 is 15.8 Å². The van der Waals surface area contributed by atoms with E-state index in [1.807, 2.05) is 35.1 Å². The fraction of sp³-hybridized carbons (Fsp3) is 0.562. The highest BCUT2D eigenvalue weighted by Gasteiger charge is 2.32. The van der Waals surface area contributed by atoms with Crippen molar-refractivity contribution in [2.24, 2.45) is 5.73 Å². The molecule has 0 spiro atoms. The number of carbonyl (C=O) groups is 1. The highest BCUT2D eigenvalue weighted by Crippen LogP contribution is 2.22. The van der Waals surface area contributed by atoms with E-state index in [1.165, 1.54) is 0 Å². The third-order valence-electron chi connectivity index (χ3n) is 4.24. The zero-order valence-corrected chi connectivity index (χ0v) is 17.0. The van der Waals surface area contributed by atoms with E-state index in [-0.39, 0.29) is 42.9 Å². The number of nitrogens with zero attached hydrogens (tertiary/aromatic N) is 3. The van der Waals surface area contributed by atoms with Crippen molar-refractivity contribution in [2.45, 2.75) is 37.5 Å². The Balaban J connectivity index is 0.00000169. The van der Waals surface area contributed by atoms with Crippen LogP contribution in [-0.4, -0.2) is 51.3 Å². The smallest absolute Gasteiger partial charge is 0.249 e. The Morgan fingerprint density at radius 1 is 1.42 bits per heavy atom. The molecule has 1 unspecified atom stereocenters. The molecule has 146 valence electrons. The maximum atomic E-state index is 12.6. The van der Waals surface area contributed by atoms with Gasteiger partial charge in [0.05, 0.1) is 12.1 Å². The van der Waals surface area contributed by atoms with Gasteiger partial charge in [-0.3, -0.25) is 9.20 Å². The van der Waals surface area contributed by atoms with Crippen molar-refractivity contribution in [3.8, 4) is 0 Å². The van der Waals surface area contributed by atoms with Gasteiger partial charge in [-0.2, -0.15) is 11.8 Å². The minimum Gasteiger partial charge on any atom is -0.364 e. The van der Waals surface area contributed by atoms with Gasteiger partial charge in [-0.15, -0.1) is 35.0 Å². The lowest BCUT2D eigenvalue weighted by Gasteiger charge is -2.19. The second-order valence-electron chi connectivity index (χ2n) is 5.89. The summed E-state index contributed by atoms with van der Waals surface area (Å²) in [6, 6.07) is 5.56. The van der Waals surface area contributed by atoms with Gasteiger partial charge in [0.2, 0.25) is 5.91 Å². The molecule has 1 amide bonds. The standard InChI is InChI=1S/C16H23N5O2S.2ClH/c1-24-9-7-12(15-20-19-14-4-2-3-8-21(14)15)18-16(22)13-6-5-11(10-17)23-13;;/h2-4,8,11-13H,5-7,9-10,17H2,1H3,(H,18,22);2*1H/t11-,12?,13+;;/m1../s1. The van der Waals surface area contributed by atoms with Gasteiger partial charge in [-0.05, 0) is 43.4 Å². The zero-order chi connectivity index (χ0) is 16.9. The second kappa shape index (κ2) is 10.9. The SMILES string of the molecule is CSCCC(NC(=O)[C@@H]1CC[C@H](CN)O1)c1nnc2ccccn12.Cl.Cl. The molecule has 2 aromatic rings.